The standard InChI is InChI=1S/C28H21F3N2O2/c29-20-13-12-19(26(31)14-20)16-33(28(34)23-10-5-7-18-6-1-2-8-22(18)23)17-21-15-27(32-35-21)24-9-3-4-11-25(24)30/h1-14,21H,15-17H2/t21-/m0/s1. The number of oxime groups is 1. The molecule has 1 amide bonds. The van der Waals surface area contributed by atoms with Crippen LogP contribution in [0.1, 0.15) is 27.9 Å². The number of rotatable bonds is 6. The molecule has 0 saturated carbocycles. The van der Waals surface area contributed by atoms with Gasteiger partial charge in [0.15, 0.2) is 6.10 Å². The van der Waals surface area contributed by atoms with Gasteiger partial charge in [-0.05, 0) is 29.0 Å². The van der Waals surface area contributed by atoms with Crippen LogP contribution in [-0.2, 0) is 11.4 Å². The Morgan fingerprint density at radius 2 is 1.69 bits per heavy atom. The van der Waals surface area contributed by atoms with Crippen LogP contribution in [-0.4, -0.2) is 29.2 Å². The van der Waals surface area contributed by atoms with Crippen LogP contribution in [0, 0.1) is 17.5 Å². The molecule has 4 nitrogen and oxygen atoms in total. The quantitative estimate of drug-likeness (QED) is 0.339. The van der Waals surface area contributed by atoms with E-state index in [9.17, 15) is 18.0 Å². The number of halogens is 3. The molecular weight excluding hydrogens is 453 g/mol. The van der Waals surface area contributed by atoms with Crippen LogP contribution in [0.2, 0.25) is 0 Å². The summed E-state index contributed by atoms with van der Waals surface area (Å²) in [5.74, 6) is -2.17. The van der Waals surface area contributed by atoms with Crippen molar-refractivity contribution in [2.24, 2.45) is 5.16 Å². The number of hydrogen-bond acceptors (Lipinski definition) is 3. The summed E-state index contributed by atoms with van der Waals surface area (Å²) < 4.78 is 42.2. The van der Waals surface area contributed by atoms with Crippen LogP contribution >= 0.6 is 0 Å². The summed E-state index contributed by atoms with van der Waals surface area (Å²) in [6, 6.07) is 22.4. The first kappa shape index (κ1) is 22.7. The third-order valence-electron chi connectivity index (χ3n) is 6.03. The second-order valence-corrected chi connectivity index (χ2v) is 8.40. The Labute approximate surface area is 200 Å². The molecule has 0 radical (unpaired) electrons. The van der Waals surface area contributed by atoms with Crippen LogP contribution in [0.5, 0.6) is 0 Å². The monoisotopic (exact) mass is 474 g/mol. The molecule has 5 rings (SSSR count). The molecule has 0 spiro atoms. The fourth-order valence-corrected chi connectivity index (χ4v) is 4.28. The van der Waals surface area contributed by atoms with Gasteiger partial charge in [-0.1, -0.05) is 65.8 Å². The number of hydrogen-bond donors (Lipinski definition) is 0. The lowest BCUT2D eigenvalue weighted by atomic mass is 10.0. The van der Waals surface area contributed by atoms with E-state index in [1.54, 1.807) is 30.3 Å². The minimum absolute atomic E-state index is 0.0837. The highest BCUT2D eigenvalue weighted by Gasteiger charge is 2.29. The maximum absolute atomic E-state index is 14.5. The van der Waals surface area contributed by atoms with Crippen LogP contribution in [0.25, 0.3) is 10.8 Å². The Hall–Kier alpha value is -4.13. The molecule has 1 heterocycles. The lowest BCUT2D eigenvalue weighted by molar-refractivity contribution is 0.0404. The van der Waals surface area contributed by atoms with Crippen molar-refractivity contribution in [1.29, 1.82) is 0 Å². The smallest absolute Gasteiger partial charge is 0.254 e. The average molecular weight is 474 g/mol. The third-order valence-corrected chi connectivity index (χ3v) is 6.03. The molecule has 0 saturated heterocycles. The van der Waals surface area contributed by atoms with Crippen molar-refractivity contribution < 1.29 is 22.8 Å². The first-order chi connectivity index (χ1) is 17.0. The summed E-state index contributed by atoms with van der Waals surface area (Å²) in [5.41, 5.74) is 1.41. The number of benzene rings is 4. The van der Waals surface area contributed by atoms with Crippen LogP contribution in [0.15, 0.2) is 90.1 Å². The molecule has 0 aromatic heterocycles. The highest BCUT2D eigenvalue weighted by atomic mass is 19.1. The molecule has 0 unspecified atom stereocenters. The number of amides is 1. The Morgan fingerprint density at radius 3 is 2.51 bits per heavy atom. The molecule has 0 N–H and O–H groups in total. The van der Waals surface area contributed by atoms with Gasteiger partial charge in [-0.25, -0.2) is 13.2 Å². The fourth-order valence-electron chi connectivity index (χ4n) is 4.28. The largest absolute Gasteiger partial charge is 0.390 e. The van der Waals surface area contributed by atoms with Crippen molar-refractivity contribution in [3.05, 3.63) is 119 Å². The van der Waals surface area contributed by atoms with Gasteiger partial charge in [0.2, 0.25) is 0 Å². The molecule has 1 atom stereocenters. The van der Waals surface area contributed by atoms with Crippen molar-refractivity contribution in [2.75, 3.05) is 6.54 Å². The lowest BCUT2D eigenvalue weighted by Gasteiger charge is -2.26. The second-order valence-electron chi connectivity index (χ2n) is 8.40. The van der Waals surface area contributed by atoms with Gasteiger partial charge in [0.25, 0.3) is 5.91 Å². The van der Waals surface area contributed by atoms with Crippen LogP contribution in [0.4, 0.5) is 13.2 Å². The summed E-state index contributed by atoms with van der Waals surface area (Å²) in [7, 11) is 0. The Bertz CT molecular complexity index is 1430. The molecule has 0 aliphatic carbocycles. The van der Waals surface area contributed by atoms with Gasteiger partial charge in [0, 0.05) is 35.7 Å². The van der Waals surface area contributed by atoms with Gasteiger partial charge >= 0.3 is 0 Å². The normalized spacial score (nSPS) is 15.1. The van der Waals surface area contributed by atoms with E-state index in [2.05, 4.69) is 5.16 Å². The third kappa shape index (κ3) is 4.75. The fraction of sp³-hybridized carbons (Fsp3) is 0.143. The van der Waals surface area contributed by atoms with E-state index in [-0.39, 0.29) is 31.0 Å². The number of carbonyl (C=O) groups excluding carboxylic acids is 1. The first-order valence-corrected chi connectivity index (χ1v) is 11.2. The van der Waals surface area contributed by atoms with E-state index in [1.165, 1.54) is 17.0 Å². The van der Waals surface area contributed by atoms with Crippen LogP contribution in [0.3, 0.4) is 0 Å². The predicted molar refractivity (Wildman–Crippen MR) is 127 cm³/mol. The molecule has 1 aliphatic rings. The highest BCUT2D eigenvalue weighted by molar-refractivity contribution is 6.07. The number of fused-ring (bicyclic) bond motifs is 1. The predicted octanol–water partition coefficient (Wildman–Crippen LogP) is 6.09. The number of carbonyl (C=O) groups is 1. The summed E-state index contributed by atoms with van der Waals surface area (Å²) in [6.07, 6.45) is -0.265. The molecule has 0 bridgehead atoms. The molecule has 1 aliphatic heterocycles. The van der Waals surface area contributed by atoms with Gasteiger partial charge < -0.3 is 9.74 Å². The SMILES string of the molecule is O=C(c1cccc2ccccc12)N(Cc1ccc(F)cc1F)C[C@@H]1CC(c2ccccc2F)=NO1. The average Bonchev–Trinajstić information content (AvgIpc) is 3.33. The first-order valence-electron chi connectivity index (χ1n) is 11.2. The molecule has 4 aromatic rings. The van der Waals surface area contributed by atoms with Crippen molar-refractivity contribution in [3.8, 4) is 0 Å². The zero-order valence-electron chi connectivity index (χ0n) is 18.6. The van der Waals surface area contributed by atoms with E-state index < -0.39 is 23.6 Å². The van der Waals surface area contributed by atoms with Gasteiger partial charge in [-0.2, -0.15) is 0 Å². The summed E-state index contributed by atoms with van der Waals surface area (Å²) in [4.78, 5) is 20.7. The van der Waals surface area contributed by atoms with E-state index >= 15 is 0 Å². The van der Waals surface area contributed by atoms with Gasteiger partial charge in [0.1, 0.15) is 17.5 Å². The minimum Gasteiger partial charge on any atom is -0.390 e. The maximum atomic E-state index is 14.5. The van der Waals surface area contributed by atoms with E-state index in [0.717, 1.165) is 22.9 Å². The van der Waals surface area contributed by atoms with E-state index in [4.69, 9.17) is 4.84 Å². The Balaban J connectivity index is 1.43. The second kappa shape index (κ2) is 9.62. The van der Waals surface area contributed by atoms with E-state index in [1.807, 2.05) is 30.3 Å². The zero-order valence-corrected chi connectivity index (χ0v) is 18.6. The van der Waals surface area contributed by atoms with Gasteiger partial charge in [-0.3, -0.25) is 4.79 Å². The molecule has 4 aromatic carbocycles. The highest BCUT2D eigenvalue weighted by Crippen LogP contribution is 2.25. The molecule has 7 heteroatoms. The topological polar surface area (TPSA) is 41.9 Å². The number of nitrogens with zero attached hydrogens (tertiary/aromatic N) is 2. The van der Waals surface area contributed by atoms with Crippen molar-refractivity contribution in [1.82, 2.24) is 4.90 Å². The van der Waals surface area contributed by atoms with E-state index in [0.29, 0.717) is 16.8 Å². The lowest BCUT2D eigenvalue weighted by Crippen LogP contribution is -2.37. The molecule has 35 heavy (non-hydrogen) atoms. The zero-order chi connectivity index (χ0) is 24.4. The van der Waals surface area contributed by atoms with Crippen molar-refractivity contribution >= 4 is 22.4 Å². The maximum Gasteiger partial charge on any atom is 0.254 e. The van der Waals surface area contributed by atoms with Crippen molar-refractivity contribution in [2.45, 2.75) is 19.1 Å². The summed E-state index contributed by atoms with van der Waals surface area (Å²) in [5, 5.41) is 5.70. The van der Waals surface area contributed by atoms with Crippen molar-refractivity contribution in [3.63, 3.8) is 0 Å². The Morgan fingerprint density at radius 1 is 0.914 bits per heavy atom. The molecule has 176 valence electrons. The van der Waals surface area contributed by atoms with Gasteiger partial charge in [-0.15, -0.1) is 0 Å². The Kier molecular flexibility index (Phi) is 6.23. The summed E-state index contributed by atoms with van der Waals surface area (Å²) >= 11 is 0. The van der Waals surface area contributed by atoms with Gasteiger partial charge in [0.05, 0.1) is 12.3 Å². The minimum atomic E-state index is -0.739. The molecule has 0 fully saturated rings. The van der Waals surface area contributed by atoms with Crippen LogP contribution < -0.4 is 0 Å². The molecular formula is C28H21F3N2O2. The summed E-state index contributed by atoms with van der Waals surface area (Å²) in [6.45, 7) is -0.0105.